The highest BCUT2D eigenvalue weighted by atomic mass is 32.2. The van der Waals surface area contributed by atoms with E-state index in [-0.39, 0.29) is 0 Å². The summed E-state index contributed by atoms with van der Waals surface area (Å²) in [7, 11) is 4.38. The quantitative estimate of drug-likeness (QED) is 0.657. The lowest BCUT2D eigenvalue weighted by atomic mass is 10.4. The largest absolute Gasteiger partial charge is 0.305 e. The Hall–Kier alpha value is -0.510. The zero-order chi connectivity index (χ0) is 12.5. The predicted molar refractivity (Wildman–Crippen MR) is 77.8 cm³/mol. The van der Waals surface area contributed by atoms with Gasteiger partial charge in [0, 0.05) is 30.3 Å². The van der Waals surface area contributed by atoms with Crippen LogP contribution in [-0.2, 0) is 0 Å². The molecule has 0 aliphatic heterocycles. The van der Waals surface area contributed by atoms with Gasteiger partial charge in [0.05, 0.1) is 0 Å². The molecule has 0 heterocycles. The first kappa shape index (κ1) is 14.6. The third-order valence-electron chi connectivity index (χ3n) is 2.89. The monoisotopic (exact) mass is 252 g/mol. The second kappa shape index (κ2) is 8.56. The summed E-state index contributed by atoms with van der Waals surface area (Å²) in [5.74, 6) is 1.16. The van der Waals surface area contributed by atoms with E-state index in [9.17, 15) is 0 Å². The second-order valence-electron chi connectivity index (χ2n) is 4.36. The Morgan fingerprint density at radius 2 is 1.59 bits per heavy atom. The third kappa shape index (κ3) is 6.71. The second-order valence-corrected chi connectivity index (χ2v) is 5.53. The van der Waals surface area contributed by atoms with Crippen molar-refractivity contribution < 1.29 is 0 Å². The Balaban J connectivity index is 2.10. The average Bonchev–Trinajstić information content (AvgIpc) is 2.37. The van der Waals surface area contributed by atoms with Gasteiger partial charge in [-0.3, -0.25) is 0 Å². The molecular formula is C14H24N2S. The summed E-state index contributed by atoms with van der Waals surface area (Å²) in [6.07, 6.45) is 0. The van der Waals surface area contributed by atoms with Crippen LogP contribution in [0.25, 0.3) is 0 Å². The highest BCUT2D eigenvalue weighted by molar-refractivity contribution is 7.99. The molecule has 2 nitrogen and oxygen atoms in total. The Bertz CT molecular complexity index is 290. The standard InChI is InChI=1S/C14H24N2S/c1-4-15(2)10-11-16(3)12-13-17-14-8-6-5-7-9-14/h5-9H,4,10-13H2,1-3H3. The molecule has 0 aromatic heterocycles. The van der Waals surface area contributed by atoms with Crippen molar-refractivity contribution in [2.75, 3.05) is 46.0 Å². The molecule has 0 unspecified atom stereocenters. The van der Waals surface area contributed by atoms with E-state index in [1.165, 1.54) is 4.90 Å². The summed E-state index contributed by atoms with van der Waals surface area (Å²) in [6, 6.07) is 10.6. The molecule has 0 fully saturated rings. The lowest BCUT2D eigenvalue weighted by molar-refractivity contribution is 0.273. The Morgan fingerprint density at radius 3 is 2.24 bits per heavy atom. The molecule has 1 aromatic rings. The van der Waals surface area contributed by atoms with E-state index >= 15 is 0 Å². The molecule has 0 spiro atoms. The molecule has 1 rings (SSSR count). The Kier molecular flexibility index (Phi) is 7.33. The van der Waals surface area contributed by atoms with Gasteiger partial charge in [-0.25, -0.2) is 0 Å². The van der Waals surface area contributed by atoms with Crippen molar-refractivity contribution in [3.8, 4) is 0 Å². The maximum absolute atomic E-state index is 2.40. The normalized spacial score (nSPS) is 11.4. The van der Waals surface area contributed by atoms with E-state index < -0.39 is 0 Å². The van der Waals surface area contributed by atoms with Gasteiger partial charge >= 0.3 is 0 Å². The van der Waals surface area contributed by atoms with Crippen molar-refractivity contribution >= 4 is 11.8 Å². The first-order valence-corrected chi connectivity index (χ1v) is 7.26. The molecule has 17 heavy (non-hydrogen) atoms. The van der Waals surface area contributed by atoms with Gasteiger partial charge in [0.15, 0.2) is 0 Å². The highest BCUT2D eigenvalue weighted by Crippen LogP contribution is 2.16. The summed E-state index contributed by atoms with van der Waals surface area (Å²) in [4.78, 5) is 6.12. The van der Waals surface area contributed by atoms with E-state index in [0.717, 1.165) is 31.9 Å². The SMILES string of the molecule is CCN(C)CCN(C)CCSc1ccccc1. The zero-order valence-corrected chi connectivity index (χ0v) is 12.0. The highest BCUT2D eigenvalue weighted by Gasteiger charge is 2.01. The van der Waals surface area contributed by atoms with Gasteiger partial charge in [-0.2, -0.15) is 0 Å². The van der Waals surface area contributed by atoms with Crippen LogP contribution in [0.1, 0.15) is 6.92 Å². The molecule has 0 bridgehead atoms. The van der Waals surface area contributed by atoms with Gasteiger partial charge in [-0.15, -0.1) is 11.8 Å². The molecule has 0 N–H and O–H groups in total. The molecule has 0 saturated carbocycles. The van der Waals surface area contributed by atoms with Crippen LogP contribution in [-0.4, -0.2) is 55.8 Å². The van der Waals surface area contributed by atoms with Crippen LogP contribution in [0.5, 0.6) is 0 Å². The lowest BCUT2D eigenvalue weighted by Gasteiger charge is -2.20. The number of hydrogen-bond acceptors (Lipinski definition) is 3. The Morgan fingerprint density at radius 1 is 0.941 bits per heavy atom. The summed E-state index contributed by atoms with van der Waals surface area (Å²) < 4.78 is 0. The van der Waals surface area contributed by atoms with E-state index in [1.54, 1.807) is 0 Å². The van der Waals surface area contributed by atoms with Gasteiger partial charge in [-0.1, -0.05) is 25.1 Å². The van der Waals surface area contributed by atoms with Gasteiger partial charge < -0.3 is 9.80 Å². The van der Waals surface area contributed by atoms with Crippen LogP contribution in [0.3, 0.4) is 0 Å². The van der Waals surface area contributed by atoms with Crippen LogP contribution in [0.2, 0.25) is 0 Å². The third-order valence-corrected chi connectivity index (χ3v) is 3.88. The molecule has 0 aliphatic rings. The summed E-state index contributed by atoms with van der Waals surface area (Å²) in [5.41, 5.74) is 0. The number of rotatable bonds is 8. The van der Waals surface area contributed by atoms with E-state index in [1.807, 2.05) is 11.8 Å². The van der Waals surface area contributed by atoms with Crippen LogP contribution < -0.4 is 0 Å². The number of benzene rings is 1. The van der Waals surface area contributed by atoms with Crippen LogP contribution in [0.15, 0.2) is 35.2 Å². The molecule has 96 valence electrons. The molecule has 0 atom stereocenters. The molecule has 3 heteroatoms. The lowest BCUT2D eigenvalue weighted by Crippen LogP contribution is -2.31. The van der Waals surface area contributed by atoms with E-state index in [4.69, 9.17) is 0 Å². The fraction of sp³-hybridized carbons (Fsp3) is 0.571. The van der Waals surface area contributed by atoms with Crippen molar-refractivity contribution in [3.63, 3.8) is 0 Å². The zero-order valence-electron chi connectivity index (χ0n) is 11.2. The minimum absolute atomic E-state index is 1.13. The summed E-state index contributed by atoms with van der Waals surface area (Å²) >= 11 is 1.93. The molecule has 0 radical (unpaired) electrons. The van der Waals surface area contributed by atoms with Gasteiger partial charge in [0.2, 0.25) is 0 Å². The first-order chi connectivity index (χ1) is 8.22. The van der Waals surface area contributed by atoms with Gasteiger partial charge in [0.1, 0.15) is 0 Å². The van der Waals surface area contributed by atoms with Gasteiger partial charge in [-0.05, 0) is 32.8 Å². The fourth-order valence-electron chi connectivity index (χ4n) is 1.45. The van der Waals surface area contributed by atoms with Crippen LogP contribution >= 0.6 is 11.8 Å². The van der Waals surface area contributed by atoms with Crippen LogP contribution in [0, 0.1) is 0 Å². The van der Waals surface area contributed by atoms with Crippen molar-refractivity contribution in [2.45, 2.75) is 11.8 Å². The van der Waals surface area contributed by atoms with Crippen molar-refractivity contribution in [1.82, 2.24) is 9.80 Å². The molecule has 1 aromatic carbocycles. The maximum atomic E-state index is 2.40. The fourth-order valence-corrected chi connectivity index (χ4v) is 2.44. The minimum Gasteiger partial charge on any atom is -0.305 e. The summed E-state index contributed by atoms with van der Waals surface area (Å²) in [6.45, 7) is 6.79. The number of thioether (sulfide) groups is 1. The first-order valence-electron chi connectivity index (χ1n) is 6.27. The van der Waals surface area contributed by atoms with Gasteiger partial charge in [0.25, 0.3) is 0 Å². The maximum Gasteiger partial charge on any atom is 0.0108 e. The minimum atomic E-state index is 1.13. The Labute approximate surface area is 110 Å². The molecule has 0 saturated heterocycles. The molecule has 0 aliphatic carbocycles. The van der Waals surface area contributed by atoms with E-state index in [2.05, 4.69) is 61.2 Å². The average molecular weight is 252 g/mol. The van der Waals surface area contributed by atoms with E-state index in [0.29, 0.717) is 0 Å². The number of hydrogen-bond donors (Lipinski definition) is 0. The molecular weight excluding hydrogens is 228 g/mol. The smallest absolute Gasteiger partial charge is 0.0108 e. The summed E-state index contributed by atoms with van der Waals surface area (Å²) in [5, 5.41) is 0. The molecule has 0 amide bonds. The topological polar surface area (TPSA) is 6.48 Å². The predicted octanol–water partition coefficient (Wildman–Crippen LogP) is 2.66. The van der Waals surface area contributed by atoms with Crippen molar-refractivity contribution in [1.29, 1.82) is 0 Å². The van der Waals surface area contributed by atoms with Crippen molar-refractivity contribution in [3.05, 3.63) is 30.3 Å². The van der Waals surface area contributed by atoms with Crippen molar-refractivity contribution in [2.24, 2.45) is 0 Å². The number of likely N-dealkylation sites (N-methyl/N-ethyl adjacent to an activating group) is 2. The number of nitrogens with zero attached hydrogens (tertiary/aromatic N) is 2. The van der Waals surface area contributed by atoms with Crippen LogP contribution in [0.4, 0.5) is 0 Å².